The first-order valence-corrected chi connectivity index (χ1v) is 9.47. The van der Waals surface area contributed by atoms with Crippen molar-refractivity contribution in [1.82, 2.24) is 0 Å². The molecule has 0 radical (unpaired) electrons. The van der Waals surface area contributed by atoms with Gasteiger partial charge in [-0.25, -0.2) is 4.57 Å². The van der Waals surface area contributed by atoms with Gasteiger partial charge in [-0.15, -0.1) is 0 Å². The second-order valence-electron chi connectivity index (χ2n) is 4.53. The zero-order valence-corrected chi connectivity index (χ0v) is 13.4. The molecule has 0 saturated carbocycles. The van der Waals surface area contributed by atoms with E-state index in [2.05, 4.69) is 0 Å². The molecule has 0 fully saturated rings. The van der Waals surface area contributed by atoms with Crippen molar-refractivity contribution >= 4 is 23.9 Å². The molecule has 2 rings (SSSR count). The van der Waals surface area contributed by atoms with Crippen LogP contribution in [-0.2, 0) is 11.0 Å². The van der Waals surface area contributed by atoms with E-state index >= 15 is 0 Å². The van der Waals surface area contributed by atoms with E-state index < -0.39 is 11.7 Å². The van der Waals surface area contributed by atoms with E-state index in [1.165, 1.54) is 12.1 Å². The molecule has 0 saturated heterocycles. The molecule has 116 valence electrons. The van der Waals surface area contributed by atoms with Crippen LogP contribution in [0.2, 0.25) is 0 Å². The molecule has 0 aliphatic heterocycles. The highest BCUT2D eigenvalue weighted by Crippen LogP contribution is 2.57. The van der Waals surface area contributed by atoms with E-state index in [0.717, 1.165) is 5.56 Å². The van der Waals surface area contributed by atoms with Crippen molar-refractivity contribution in [3.05, 3.63) is 58.1 Å². The molecule has 0 bridgehead atoms. The van der Waals surface area contributed by atoms with Gasteiger partial charge in [-0.05, 0) is 46.6 Å². The van der Waals surface area contributed by atoms with Crippen molar-refractivity contribution in [1.29, 1.82) is 0 Å². The molecule has 2 aromatic carbocycles. The van der Waals surface area contributed by atoms with Crippen LogP contribution < -0.4 is 0 Å². The Hall–Kier alpha value is -1.66. The van der Waals surface area contributed by atoms with E-state index in [4.69, 9.17) is 0 Å². The summed E-state index contributed by atoms with van der Waals surface area (Å²) in [5.74, 6) is 0. The highest BCUT2D eigenvalue weighted by molar-refractivity contribution is 8.54. The van der Waals surface area contributed by atoms with Gasteiger partial charge in [0.05, 0.1) is 4.92 Å². The molecule has 0 atom stereocenters. The lowest BCUT2D eigenvalue weighted by Crippen LogP contribution is -1.91. The predicted molar refractivity (Wildman–Crippen MR) is 85.8 cm³/mol. The first-order chi connectivity index (χ1) is 10.3. The molecule has 0 aliphatic carbocycles. The first-order valence-electron chi connectivity index (χ1n) is 6.43. The van der Waals surface area contributed by atoms with Crippen molar-refractivity contribution in [2.24, 2.45) is 0 Å². The first kappa shape index (κ1) is 16.7. The average molecular weight is 339 g/mol. The smallest absolute Gasteiger partial charge is 0.316 e. The van der Waals surface area contributed by atoms with Gasteiger partial charge in [0.15, 0.2) is 0 Å². The number of hydrogen-bond acceptors (Lipinski definition) is 4. The minimum Gasteiger partial charge on any atom is -0.316 e. The van der Waals surface area contributed by atoms with Gasteiger partial charge < -0.3 is 9.79 Å². The number of nitrogens with zero attached hydrogens (tertiary/aromatic N) is 1. The van der Waals surface area contributed by atoms with E-state index in [1.807, 2.05) is 13.0 Å². The van der Waals surface area contributed by atoms with Gasteiger partial charge in [0.2, 0.25) is 0 Å². The minimum atomic E-state index is -4.29. The number of benzene rings is 2. The van der Waals surface area contributed by atoms with Crippen LogP contribution in [0.3, 0.4) is 0 Å². The Morgan fingerprint density at radius 2 is 1.82 bits per heavy atom. The Morgan fingerprint density at radius 3 is 2.32 bits per heavy atom. The lowest BCUT2D eigenvalue weighted by atomic mass is 10.0. The number of aryl methyl sites for hydroxylation is 1. The Labute approximate surface area is 131 Å². The van der Waals surface area contributed by atoms with Gasteiger partial charge in [-0.2, -0.15) is 0 Å². The van der Waals surface area contributed by atoms with Crippen LogP contribution in [0.1, 0.15) is 12.5 Å². The summed E-state index contributed by atoms with van der Waals surface area (Å²) in [6.45, 7) is -2.39. The molecule has 22 heavy (non-hydrogen) atoms. The highest BCUT2D eigenvalue weighted by atomic mass is 32.7. The number of nitro benzene ring substituents is 1. The topological polar surface area (TPSA) is 101 Å². The average Bonchev–Trinajstić information content (AvgIpc) is 2.46. The Kier molecular flexibility index (Phi) is 5.03. The van der Waals surface area contributed by atoms with E-state index in [9.17, 15) is 24.5 Å². The maximum absolute atomic E-state index is 11.4. The Balaban J connectivity index is 2.54. The molecular formula is C14H14NO5PS. The third-order valence-corrected chi connectivity index (χ3v) is 5.24. The van der Waals surface area contributed by atoms with E-state index in [-0.39, 0.29) is 5.69 Å². The SMILES string of the molecule is CCc1cccc(-c2ccc([N+](=O)[O-])cc2)c1SP(=O)(O)O. The third kappa shape index (κ3) is 3.96. The summed E-state index contributed by atoms with van der Waals surface area (Å²) in [6.07, 6.45) is 0.628. The molecule has 2 aromatic rings. The largest absolute Gasteiger partial charge is 0.388 e. The summed E-state index contributed by atoms with van der Waals surface area (Å²) >= 11 is 0.517. The molecule has 2 N–H and O–H groups in total. The zero-order valence-electron chi connectivity index (χ0n) is 11.7. The standard InChI is InChI=1S/C14H14NO5PS/c1-2-10-4-3-5-13(14(10)22-21(18,19)20)11-6-8-12(9-7-11)15(16)17/h3-9H,2H2,1H3,(H2,18,19,20). The number of rotatable bonds is 5. The van der Waals surface area contributed by atoms with E-state index in [1.54, 1.807) is 24.3 Å². The second kappa shape index (κ2) is 6.62. The summed E-state index contributed by atoms with van der Waals surface area (Å²) in [7, 11) is 0. The number of nitro groups is 1. The Bertz CT molecular complexity index is 741. The minimum absolute atomic E-state index is 0.0282. The molecule has 0 amide bonds. The van der Waals surface area contributed by atoms with Gasteiger partial charge in [0.1, 0.15) is 0 Å². The van der Waals surface area contributed by atoms with Gasteiger partial charge in [0.25, 0.3) is 5.69 Å². The van der Waals surface area contributed by atoms with Crippen LogP contribution in [0.5, 0.6) is 0 Å². The molecule has 6 nitrogen and oxygen atoms in total. The summed E-state index contributed by atoms with van der Waals surface area (Å²) in [5, 5.41) is 10.7. The summed E-state index contributed by atoms with van der Waals surface area (Å²) in [6, 6.07) is 11.3. The van der Waals surface area contributed by atoms with Gasteiger partial charge in [0, 0.05) is 17.0 Å². The molecule has 0 heterocycles. The van der Waals surface area contributed by atoms with Crippen molar-refractivity contribution in [3.8, 4) is 11.1 Å². The molecular weight excluding hydrogens is 325 g/mol. The maximum Gasteiger partial charge on any atom is 0.388 e. The van der Waals surface area contributed by atoms with Gasteiger partial charge >= 0.3 is 6.80 Å². The molecule has 0 unspecified atom stereocenters. The van der Waals surface area contributed by atoms with Crippen LogP contribution in [0, 0.1) is 10.1 Å². The summed E-state index contributed by atoms with van der Waals surface area (Å²) < 4.78 is 11.4. The van der Waals surface area contributed by atoms with Crippen molar-refractivity contribution in [3.63, 3.8) is 0 Å². The second-order valence-corrected chi connectivity index (χ2v) is 8.08. The highest BCUT2D eigenvalue weighted by Gasteiger charge is 2.21. The maximum atomic E-state index is 11.4. The number of hydrogen-bond donors (Lipinski definition) is 2. The van der Waals surface area contributed by atoms with Crippen LogP contribution in [0.15, 0.2) is 47.4 Å². The fourth-order valence-corrected chi connectivity index (χ4v) is 4.29. The molecule has 0 aromatic heterocycles. The van der Waals surface area contributed by atoms with Crippen LogP contribution >= 0.6 is 18.2 Å². The van der Waals surface area contributed by atoms with Crippen molar-refractivity contribution < 1.29 is 19.3 Å². The number of non-ortho nitro benzene ring substituents is 1. The van der Waals surface area contributed by atoms with Gasteiger partial charge in [-0.3, -0.25) is 10.1 Å². The quantitative estimate of drug-likeness (QED) is 0.485. The fraction of sp³-hybridized carbons (Fsp3) is 0.143. The summed E-state index contributed by atoms with van der Waals surface area (Å²) in [5.41, 5.74) is 2.13. The van der Waals surface area contributed by atoms with Crippen LogP contribution in [0.25, 0.3) is 11.1 Å². The predicted octanol–water partition coefficient (Wildman–Crippen LogP) is 4.01. The molecule has 8 heteroatoms. The van der Waals surface area contributed by atoms with Crippen LogP contribution in [0.4, 0.5) is 5.69 Å². The molecule has 0 spiro atoms. The fourth-order valence-electron chi connectivity index (χ4n) is 2.08. The molecule has 0 aliphatic rings. The van der Waals surface area contributed by atoms with Gasteiger partial charge in [-0.1, -0.05) is 25.1 Å². The monoisotopic (exact) mass is 339 g/mol. The van der Waals surface area contributed by atoms with Crippen LogP contribution in [-0.4, -0.2) is 14.7 Å². The normalized spacial score (nSPS) is 11.4. The lowest BCUT2D eigenvalue weighted by Gasteiger charge is -2.14. The Morgan fingerprint density at radius 1 is 1.18 bits per heavy atom. The third-order valence-electron chi connectivity index (χ3n) is 3.08. The summed E-state index contributed by atoms with van der Waals surface area (Å²) in [4.78, 5) is 29.2. The van der Waals surface area contributed by atoms with Crippen molar-refractivity contribution in [2.75, 3.05) is 0 Å². The van der Waals surface area contributed by atoms with E-state index in [0.29, 0.717) is 33.8 Å². The zero-order chi connectivity index (χ0) is 16.3. The van der Waals surface area contributed by atoms with Crippen molar-refractivity contribution in [2.45, 2.75) is 18.2 Å². The lowest BCUT2D eigenvalue weighted by molar-refractivity contribution is -0.384.